The van der Waals surface area contributed by atoms with Crippen molar-refractivity contribution in [1.82, 2.24) is 24.2 Å². The smallest absolute Gasteiger partial charge is 0.341 e. The van der Waals surface area contributed by atoms with E-state index in [4.69, 9.17) is 12.2 Å². The van der Waals surface area contributed by atoms with Gasteiger partial charge in [-0.05, 0) is 49.3 Å². The molecule has 43 heavy (non-hydrogen) atoms. The molecule has 1 saturated carbocycles. The highest BCUT2D eigenvalue weighted by atomic mass is 32.1. The van der Waals surface area contributed by atoms with E-state index in [1.54, 1.807) is 17.0 Å². The fourth-order valence-electron chi connectivity index (χ4n) is 5.44. The number of rotatable bonds is 7. The quantitative estimate of drug-likeness (QED) is 0.196. The zero-order valence-corrected chi connectivity index (χ0v) is 24.5. The van der Waals surface area contributed by atoms with Gasteiger partial charge in [-0.15, -0.1) is 5.10 Å². The SMILES string of the molecule is O=C(O)c1cn(C2CC2)c2cc(N3CCN(Cn4nc(/N=C/c5ccc6ccccc6n5)sc4=S)CC3)c(F)cc2c1=O. The number of nitrogens with zero attached hydrogens (tertiary/aromatic N) is 7. The van der Waals surface area contributed by atoms with Gasteiger partial charge in [-0.1, -0.05) is 35.6 Å². The normalized spacial score (nSPS) is 16.1. The second kappa shape index (κ2) is 11.1. The molecule has 0 spiro atoms. The summed E-state index contributed by atoms with van der Waals surface area (Å²) in [6.07, 6.45) is 4.88. The zero-order valence-electron chi connectivity index (χ0n) is 22.9. The number of aromatic carboxylic acids is 1. The van der Waals surface area contributed by atoms with Crippen LogP contribution in [0, 0.1) is 9.77 Å². The summed E-state index contributed by atoms with van der Waals surface area (Å²) in [5, 5.41) is 15.8. The van der Waals surface area contributed by atoms with Gasteiger partial charge in [-0.3, -0.25) is 9.69 Å². The van der Waals surface area contributed by atoms with Gasteiger partial charge in [0, 0.05) is 49.2 Å². The third-order valence-corrected chi connectivity index (χ3v) is 9.06. The number of para-hydroxylation sites is 1. The number of carboxylic acids is 1. The molecule has 7 rings (SSSR count). The minimum Gasteiger partial charge on any atom is -0.477 e. The van der Waals surface area contributed by atoms with E-state index in [1.807, 2.05) is 45.9 Å². The topological polar surface area (TPSA) is 109 Å². The van der Waals surface area contributed by atoms with E-state index in [0.717, 1.165) is 29.4 Å². The average molecular weight is 616 g/mol. The predicted molar refractivity (Wildman–Crippen MR) is 167 cm³/mol. The number of aliphatic imine (C=N–C) groups is 1. The molecule has 1 N–H and O–H groups in total. The Morgan fingerprint density at radius 1 is 1.14 bits per heavy atom. The highest BCUT2D eigenvalue weighted by Gasteiger charge is 2.28. The lowest BCUT2D eigenvalue weighted by atomic mass is 10.1. The Kier molecular flexibility index (Phi) is 7.07. The molecule has 0 radical (unpaired) electrons. The molecule has 2 aliphatic rings. The van der Waals surface area contributed by atoms with Crippen LogP contribution in [0.5, 0.6) is 0 Å². The van der Waals surface area contributed by atoms with Crippen LogP contribution in [0.25, 0.3) is 21.8 Å². The summed E-state index contributed by atoms with van der Waals surface area (Å²) in [4.78, 5) is 37.7. The fraction of sp³-hybridized carbons (Fsp3) is 0.267. The minimum absolute atomic E-state index is 0.0967. The number of carboxylic acid groups (broad SMARTS) is 1. The van der Waals surface area contributed by atoms with E-state index in [2.05, 4.69) is 20.0 Å². The number of carbonyl (C=O) groups is 1. The predicted octanol–water partition coefficient (Wildman–Crippen LogP) is 5.24. The molecule has 3 aromatic heterocycles. The van der Waals surface area contributed by atoms with Crippen LogP contribution in [0.15, 0.2) is 64.5 Å². The van der Waals surface area contributed by atoms with Crippen molar-refractivity contribution in [2.24, 2.45) is 4.99 Å². The third-order valence-electron chi connectivity index (χ3n) is 7.84. The summed E-state index contributed by atoms with van der Waals surface area (Å²) in [6, 6.07) is 14.8. The van der Waals surface area contributed by atoms with Crippen molar-refractivity contribution in [3.05, 3.63) is 86.0 Å². The second-order valence-corrected chi connectivity index (χ2v) is 12.3. The largest absolute Gasteiger partial charge is 0.477 e. The highest BCUT2D eigenvalue weighted by Crippen LogP contribution is 2.38. The first-order valence-electron chi connectivity index (χ1n) is 13.9. The van der Waals surface area contributed by atoms with Gasteiger partial charge in [-0.25, -0.2) is 23.8 Å². The summed E-state index contributed by atoms with van der Waals surface area (Å²) >= 11 is 6.88. The van der Waals surface area contributed by atoms with Crippen molar-refractivity contribution in [3.63, 3.8) is 0 Å². The molecule has 1 aliphatic heterocycles. The molecule has 2 fully saturated rings. The Bertz CT molecular complexity index is 2040. The van der Waals surface area contributed by atoms with Gasteiger partial charge < -0.3 is 14.6 Å². The maximum Gasteiger partial charge on any atom is 0.341 e. The first-order chi connectivity index (χ1) is 20.8. The highest BCUT2D eigenvalue weighted by molar-refractivity contribution is 7.73. The number of benzene rings is 2. The molecule has 0 bridgehead atoms. The van der Waals surface area contributed by atoms with Crippen LogP contribution < -0.4 is 10.3 Å². The van der Waals surface area contributed by atoms with E-state index in [1.165, 1.54) is 23.6 Å². The van der Waals surface area contributed by atoms with Crippen LogP contribution in [0.1, 0.15) is 34.9 Å². The molecule has 13 heteroatoms. The molecule has 5 aromatic rings. The van der Waals surface area contributed by atoms with E-state index in [0.29, 0.717) is 53.1 Å². The number of aromatic nitrogens is 4. The Morgan fingerprint density at radius 3 is 2.70 bits per heavy atom. The molecule has 218 valence electrons. The van der Waals surface area contributed by atoms with Gasteiger partial charge in [0.15, 0.2) is 3.95 Å². The molecule has 1 saturated heterocycles. The number of piperazine rings is 1. The lowest BCUT2D eigenvalue weighted by molar-refractivity contribution is 0.0695. The molecule has 10 nitrogen and oxygen atoms in total. The average Bonchev–Trinajstić information content (AvgIpc) is 3.79. The number of fused-ring (bicyclic) bond motifs is 2. The van der Waals surface area contributed by atoms with Gasteiger partial charge in [0.2, 0.25) is 10.6 Å². The lowest BCUT2D eigenvalue weighted by Crippen LogP contribution is -2.47. The van der Waals surface area contributed by atoms with Crippen molar-refractivity contribution in [1.29, 1.82) is 0 Å². The van der Waals surface area contributed by atoms with E-state index in [9.17, 15) is 14.7 Å². The molecule has 2 aromatic carbocycles. The number of hydrogen-bond donors (Lipinski definition) is 1. The summed E-state index contributed by atoms with van der Waals surface area (Å²) in [6.45, 7) is 2.94. The molecule has 0 atom stereocenters. The first kappa shape index (κ1) is 27.5. The van der Waals surface area contributed by atoms with Gasteiger partial charge in [0.25, 0.3) is 0 Å². The van der Waals surface area contributed by atoms with Crippen LogP contribution in [0.2, 0.25) is 0 Å². The first-order valence-corrected chi connectivity index (χ1v) is 15.1. The van der Waals surface area contributed by atoms with Crippen molar-refractivity contribution in [2.75, 3.05) is 31.1 Å². The van der Waals surface area contributed by atoms with Crippen molar-refractivity contribution >= 4 is 68.4 Å². The van der Waals surface area contributed by atoms with Gasteiger partial charge in [0.1, 0.15) is 11.4 Å². The maximum absolute atomic E-state index is 15.3. The fourth-order valence-corrected chi connectivity index (χ4v) is 6.37. The van der Waals surface area contributed by atoms with Crippen molar-refractivity contribution in [2.45, 2.75) is 25.6 Å². The molecular formula is C30H26FN7O3S2. The summed E-state index contributed by atoms with van der Waals surface area (Å²) < 4.78 is 19.5. The van der Waals surface area contributed by atoms with E-state index < -0.39 is 17.2 Å². The van der Waals surface area contributed by atoms with Crippen LogP contribution in [-0.4, -0.2) is 67.7 Å². The number of halogens is 1. The summed E-state index contributed by atoms with van der Waals surface area (Å²) in [5.41, 5.74) is 1.62. The van der Waals surface area contributed by atoms with Crippen molar-refractivity contribution in [3.8, 4) is 0 Å². The van der Waals surface area contributed by atoms with E-state index in [-0.39, 0.29) is 17.0 Å². The van der Waals surface area contributed by atoms with Gasteiger partial charge >= 0.3 is 5.97 Å². The van der Waals surface area contributed by atoms with Crippen LogP contribution in [0.4, 0.5) is 15.2 Å². The molecule has 0 unspecified atom stereocenters. The van der Waals surface area contributed by atoms with Crippen LogP contribution in [0.3, 0.4) is 0 Å². The number of hydrogen-bond acceptors (Lipinski definition) is 9. The Morgan fingerprint density at radius 2 is 1.93 bits per heavy atom. The number of pyridine rings is 2. The summed E-state index contributed by atoms with van der Waals surface area (Å²) in [7, 11) is 0. The lowest BCUT2D eigenvalue weighted by Gasteiger charge is -2.36. The molecule has 0 amide bonds. The van der Waals surface area contributed by atoms with Crippen LogP contribution >= 0.6 is 23.6 Å². The minimum atomic E-state index is -1.30. The van der Waals surface area contributed by atoms with Crippen LogP contribution in [-0.2, 0) is 6.67 Å². The van der Waals surface area contributed by atoms with Gasteiger partial charge in [0.05, 0.1) is 35.3 Å². The molecule has 1 aliphatic carbocycles. The Hall–Kier alpha value is -4.33. The molecular weight excluding hydrogens is 590 g/mol. The maximum atomic E-state index is 15.3. The molecule has 4 heterocycles. The zero-order chi connectivity index (χ0) is 29.7. The van der Waals surface area contributed by atoms with E-state index >= 15 is 4.39 Å². The van der Waals surface area contributed by atoms with Crippen molar-refractivity contribution < 1.29 is 14.3 Å². The number of anilines is 1. The standard InChI is InChI=1S/C30H26FN7O3S2/c31-23-13-21-25(37(20-7-8-20)16-22(27(21)39)28(40)41)14-26(23)36-11-9-35(10-12-36)17-38-30(42)43-29(34-38)32-15-19-6-5-18-3-1-2-4-24(18)33-19/h1-6,13-16,20H,7-12,17H2,(H,40,41)/b32-15+. The Balaban J connectivity index is 1.05. The van der Waals surface area contributed by atoms with Gasteiger partial charge in [-0.2, -0.15) is 0 Å². The monoisotopic (exact) mass is 615 g/mol. The second-order valence-electron chi connectivity index (χ2n) is 10.7. The third kappa shape index (κ3) is 5.46. The Labute approximate surface area is 254 Å². The summed E-state index contributed by atoms with van der Waals surface area (Å²) in [5.74, 6) is -1.84.